The van der Waals surface area contributed by atoms with Crippen LogP contribution in [0.3, 0.4) is 0 Å². The van der Waals surface area contributed by atoms with Crippen LogP contribution in [-0.4, -0.2) is 9.97 Å². The molecule has 0 bridgehead atoms. The summed E-state index contributed by atoms with van der Waals surface area (Å²) in [5.41, 5.74) is 5.08. The van der Waals surface area contributed by atoms with E-state index in [1.165, 1.54) is 47.6 Å². The molecule has 2 aromatic carbocycles. The number of benzene rings is 2. The van der Waals surface area contributed by atoms with Gasteiger partial charge in [0.05, 0.1) is 5.69 Å². The van der Waals surface area contributed by atoms with Crippen molar-refractivity contribution in [2.45, 2.75) is 19.3 Å². The van der Waals surface area contributed by atoms with Crippen LogP contribution in [0.1, 0.15) is 25.0 Å². The molecule has 0 saturated heterocycles. The molecule has 0 spiro atoms. The first-order valence-electron chi connectivity index (χ1n) is 8.84. The van der Waals surface area contributed by atoms with Gasteiger partial charge in [-0.2, -0.15) is 0 Å². The standard InChI is InChI=1S/C23H16N2S/c1-23(2)16-4-3-10-25-22(16)14-6-8-18-20(21(14)23)19-15-12-24-11-9-13(15)5-7-17(19)26-18/h3-12H,1-2H3. The van der Waals surface area contributed by atoms with Crippen molar-refractivity contribution in [1.82, 2.24) is 9.97 Å². The van der Waals surface area contributed by atoms with E-state index in [9.17, 15) is 0 Å². The van der Waals surface area contributed by atoms with Crippen molar-refractivity contribution in [3.05, 3.63) is 72.2 Å². The molecular formula is C23H16N2S. The van der Waals surface area contributed by atoms with E-state index in [2.05, 4.69) is 61.3 Å². The summed E-state index contributed by atoms with van der Waals surface area (Å²) in [5.74, 6) is 0. The van der Waals surface area contributed by atoms with Gasteiger partial charge < -0.3 is 0 Å². The second-order valence-electron chi connectivity index (χ2n) is 7.52. The van der Waals surface area contributed by atoms with E-state index >= 15 is 0 Å². The minimum atomic E-state index is -0.0587. The van der Waals surface area contributed by atoms with Crippen molar-refractivity contribution < 1.29 is 0 Å². The maximum absolute atomic E-state index is 4.72. The number of rotatable bonds is 0. The molecule has 0 amide bonds. The fourth-order valence-corrected chi connectivity index (χ4v) is 5.75. The number of aromatic nitrogens is 2. The van der Waals surface area contributed by atoms with Crippen LogP contribution >= 0.6 is 11.3 Å². The molecule has 26 heavy (non-hydrogen) atoms. The zero-order valence-electron chi connectivity index (χ0n) is 14.6. The number of hydrogen-bond donors (Lipinski definition) is 0. The van der Waals surface area contributed by atoms with E-state index in [0.29, 0.717) is 0 Å². The summed E-state index contributed by atoms with van der Waals surface area (Å²) in [6.45, 7) is 4.65. The van der Waals surface area contributed by atoms with Gasteiger partial charge in [-0.3, -0.25) is 9.97 Å². The molecule has 0 N–H and O–H groups in total. The SMILES string of the molecule is CC1(C)c2cccnc2-c2ccc3sc4ccc5ccncc5c4c3c21. The van der Waals surface area contributed by atoms with Gasteiger partial charge in [-0.05, 0) is 40.8 Å². The number of thiophene rings is 1. The Balaban J connectivity index is 1.89. The van der Waals surface area contributed by atoms with Crippen molar-refractivity contribution in [3.63, 3.8) is 0 Å². The molecule has 3 aromatic heterocycles. The van der Waals surface area contributed by atoms with E-state index in [-0.39, 0.29) is 5.41 Å². The van der Waals surface area contributed by atoms with E-state index in [0.717, 1.165) is 5.69 Å². The second kappa shape index (κ2) is 4.68. The Morgan fingerprint density at radius 3 is 2.65 bits per heavy atom. The first-order valence-corrected chi connectivity index (χ1v) is 9.66. The van der Waals surface area contributed by atoms with Gasteiger partial charge in [0.15, 0.2) is 0 Å². The van der Waals surface area contributed by atoms with Crippen molar-refractivity contribution in [1.29, 1.82) is 0 Å². The number of pyridine rings is 2. The summed E-state index contributed by atoms with van der Waals surface area (Å²) in [5, 5.41) is 5.21. The molecule has 0 aliphatic heterocycles. The fraction of sp³-hybridized carbons (Fsp3) is 0.130. The number of fused-ring (bicyclic) bond motifs is 9. The van der Waals surface area contributed by atoms with Gasteiger partial charge in [0, 0.05) is 55.1 Å². The smallest absolute Gasteiger partial charge is 0.0746 e. The Morgan fingerprint density at radius 2 is 1.73 bits per heavy atom. The highest BCUT2D eigenvalue weighted by molar-refractivity contribution is 7.26. The summed E-state index contributed by atoms with van der Waals surface area (Å²) in [6, 6.07) is 15.4. The lowest BCUT2D eigenvalue weighted by Crippen LogP contribution is -2.15. The molecule has 0 radical (unpaired) electrons. The Labute approximate surface area is 155 Å². The Kier molecular flexibility index (Phi) is 2.59. The number of hydrogen-bond acceptors (Lipinski definition) is 3. The quantitative estimate of drug-likeness (QED) is 0.327. The van der Waals surface area contributed by atoms with Gasteiger partial charge in [0.1, 0.15) is 0 Å². The third-order valence-corrected chi connectivity index (χ3v) is 6.90. The first-order chi connectivity index (χ1) is 12.7. The summed E-state index contributed by atoms with van der Waals surface area (Å²) in [7, 11) is 0. The van der Waals surface area contributed by atoms with Crippen LogP contribution in [0.2, 0.25) is 0 Å². The zero-order chi connectivity index (χ0) is 17.5. The lowest BCUT2D eigenvalue weighted by molar-refractivity contribution is 0.665. The average Bonchev–Trinajstić information content (AvgIpc) is 3.15. The highest BCUT2D eigenvalue weighted by atomic mass is 32.1. The van der Waals surface area contributed by atoms with Gasteiger partial charge in [0.2, 0.25) is 0 Å². The Morgan fingerprint density at radius 1 is 0.885 bits per heavy atom. The lowest BCUT2D eigenvalue weighted by atomic mass is 9.80. The summed E-state index contributed by atoms with van der Waals surface area (Å²) in [6.07, 6.45) is 5.78. The molecule has 1 aliphatic carbocycles. The van der Waals surface area contributed by atoms with Gasteiger partial charge in [0.25, 0.3) is 0 Å². The average molecular weight is 352 g/mol. The third kappa shape index (κ3) is 1.62. The largest absolute Gasteiger partial charge is 0.264 e. The number of nitrogens with zero attached hydrogens (tertiary/aromatic N) is 2. The van der Waals surface area contributed by atoms with Crippen molar-refractivity contribution in [2.24, 2.45) is 0 Å². The van der Waals surface area contributed by atoms with Gasteiger partial charge >= 0.3 is 0 Å². The van der Waals surface area contributed by atoms with Gasteiger partial charge in [-0.25, -0.2) is 0 Å². The second-order valence-corrected chi connectivity index (χ2v) is 8.61. The van der Waals surface area contributed by atoms with Crippen LogP contribution in [0.15, 0.2) is 61.1 Å². The minimum absolute atomic E-state index is 0.0587. The van der Waals surface area contributed by atoms with E-state index < -0.39 is 0 Å². The molecule has 1 aliphatic rings. The molecule has 0 saturated carbocycles. The van der Waals surface area contributed by atoms with E-state index in [4.69, 9.17) is 4.98 Å². The predicted octanol–water partition coefficient (Wildman–Crippen LogP) is 6.30. The molecule has 6 rings (SSSR count). The zero-order valence-corrected chi connectivity index (χ0v) is 15.4. The van der Waals surface area contributed by atoms with Crippen LogP contribution in [0.5, 0.6) is 0 Å². The van der Waals surface area contributed by atoms with Crippen LogP contribution in [-0.2, 0) is 5.41 Å². The third-order valence-electron chi connectivity index (χ3n) is 5.78. The Hall–Kier alpha value is -2.78. The lowest BCUT2D eigenvalue weighted by Gasteiger charge is -2.22. The molecule has 0 unspecified atom stereocenters. The monoisotopic (exact) mass is 352 g/mol. The molecular weight excluding hydrogens is 336 g/mol. The molecule has 3 heterocycles. The molecule has 0 fully saturated rings. The molecule has 124 valence electrons. The van der Waals surface area contributed by atoms with Crippen molar-refractivity contribution in [3.8, 4) is 11.3 Å². The highest BCUT2D eigenvalue weighted by Gasteiger charge is 2.38. The first kappa shape index (κ1) is 14.4. The van der Waals surface area contributed by atoms with Gasteiger partial charge in [-0.1, -0.05) is 32.0 Å². The van der Waals surface area contributed by atoms with Crippen molar-refractivity contribution in [2.75, 3.05) is 0 Å². The van der Waals surface area contributed by atoms with Crippen LogP contribution < -0.4 is 0 Å². The maximum Gasteiger partial charge on any atom is 0.0746 e. The fourth-order valence-electron chi connectivity index (χ4n) is 4.62. The molecule has 0 atom stereocenters. The summed E-state index contributed by atoms with van der Waals surface area (Å²) < 4.78 is 2.67. The summed E-state index contributed by atoms with van der Waals surface area (Å²) >= 11 is 1.87. The highest BCUT2D eigenvalue weighted by Crippen LogP contribution is 2.53. The topological polar surface area (TPSA) is 25.8 Å². The van der Waals surface area contributed by atoms with Gasteiger partial charge in [-0.15, -0.1) is 11.3 Å². The molecule has 2 nitrogen and oxygen atoms in total. The molecule has 3 heteroatoms. The van der Waals surface area contributed by atoms with Crippen LogP contribution in [0, 0.1) is 0 Å². The summed E-state index contributed by atoms with van der Waals surface area (Å²) in [4.78, 5) is 9.13. The normalized spacial score (nSPS) is 14.8. The maximum atomic E-state index is 4.72. The van der Waals surface area contributed by atoms with E-state index in [1.54, 1.807) is 0 Å². The predicted molar refractivity (Wildman–Crippen MR) is 110 cm³/mol. The van der Waals surface area contributed by atoms with Crippen LogP contribution in [0.4, 0.5) is 0 Å². The van der Waals surface area contributed by atoms with Crippen molar-refractivity contribution >= 4 is 42.3 Å². The van der Waals surface area contributed by atoms with E-state index in [1.807, 2.05) is 29.9 Å². The minimum Gasteiger partial charge on any atom is -0.264 e. The van der Waals surface area contributed by atoms with Crippen LogP contribution in [0.25, 0.3) is 42.2 Å². The Bertz CT molecular complexity index is 1360. The molecule has 5 aromatic rings.